The summed E-state index contributed by atoms with van der Waals surface area (Å²) in [5, 5.41) is 15.0. The molecule has 0 radical (unpaired) electrons. The maximum atomic E-state index is 12.9. The second-order valence-electron chi connectivity index (χ2n) is 5.06. The molecule has 0 bridgehead atoms. The summed E-state index contributed by atoms with van der Waals surface area (Å²) in [4.78, 5) is 24.2. The number of carboxylic acids is 1. The van der Waals surface area contributed by atoms with Crippen molar-refractivity contribution in [2.75, 3.05) is 26.8 Å². The van der Waals surface area contributed by atoms with Crippen molar-refractivity contribution < 1.29 is 32.6 Å². The first kappa shape index (κ1) is 17.9. The molecule has 0 fully saturated rings. The van der Waals surface area contributed by atoms with Crippen molar-refractivity contribution in [3.8, 4) is 0 Å². The van der Waals surface area contributed by atoms with Crippen molar-refractivity contribution in [2.45, 2.75) is 11.8 Å². The maximum Gasteiger partial charge on any atom is 0.442 e. The van der Waals surface area contributed by atoms with Gasteiger partial charge in [0.2, 0.25) is 0 Å². The molecule has 10 heteroatoms. The second kappa shape index (κ2) is 6.56. The van der Waals surface area contributed by atoms with Crippen molar-refractivity contribution in [2.24, 2.45) is 10.2 Å². The first-order valence-corrected chi connectivity index (χ1v) is 6.82. The van der Waals surface area contributed by atoms with Crippen LogP contribution in [0.15, 0.2) is 34.5 Å². The highest BCUT2D eigenvalue weighted by molar-refractivity contribution is 5.95. The Kier molecular flexibility index (Phi) is 4.88. The average molecular weight is 345 g/mol. The molecule has 0 atom stereocenters. The van der Waals surface area contributed by atoms with Crippen LogP contribution in [0, 0.1) is 0 Å². The van der Waals surface area contributed by atoms with Gasteiger partial charge in [0.15, 0.2) is 0 Å². The van der Waals surface area contributed by atoms with Crippen LogP contribution in [-0.2, 0) is 15.2 Å². The van der Waals surface area contributed by atoms with Crippen LogP contribution >= 0.6 is 0 Å². The fraction of sp³-hybridized carbons (Fsp3) is 0.429. The van der Waals surface area contributed by atoms with Crippen LogP contribution in [0.25, 0.3) is 0 Å². The molecule has 0 saturated carbocycles. The molecule has 0 spiro atoms. The quantitative estimate of drug-likeness (QED) is 0.819. The van der Waals surface area contributed by atoms with Gasteiger partial charge >= 0.3 is 17.8 Å². The highest BCUT2D eigenvalue weighted by atomic mass is 19.4. The Morgan fingerprint density at radius 3 is 2.25 bits per heavy atom. The van der Waals surface area contributed by atoms with Crippen molar-refractivity contribution in [1.82, 2.24) is 4.90 Å². The third kappa shape index (κ3) is 3.53. The molecule has 24 heavy (non-hydrogen) atoms. The Morgan fingerprint density at radius 2 is 1.83 bits per heavy atom. The number of methoxy groups -OCH3 is 1. The molecule has 0 saturated heterocycles. The molecule has 1 aromatic rings. The van der Waals surface area contributed by atoms with Gasteiger partial charge in [0.05, 0.1) is 6.61 Å². The van der Waals surface area contributed by atoms with E-state index in [0.29, 0.717) is 0 Å². The van der Waals surface area contributed by atoms with Crippen LogP contribution in [0.5, 0.6) is 0 Å². The Labute approximate surface area is 134 Å². The summed E-state index contributed by atoms with van der Waals surface area (Å²) in [6.45, 7) is -0.367. The second-order valence-corrected chi connectivity index (χ2v) is 5.06. The summed E-state index contributed by atoms with van der Waals surface area (Å²) in [5.41, 5.74) is -2.69. The lowest BCUT2D eigenvalue weighted by Crippen LogP contribution is -2.38. The molecule has 1 N–H and O–H groups in total. The molecule has 1 aliphatic rings. The Balaban J connectivity index is 2.17. The van der Waals surface area contributed by atoms with Gasteiger partial charge in [0.25, 0.3) is 5.91 Å². The Bertz CT molecular complexity index is 652. The van der Waals surface area contributed by atoms with E-state index in [1.807, 2.05) is 0 Å². The third-order valence-electron chi connectivity index (χ3n) is 3.41. The number of aliphatic carboxylic acids is 1. The smallest absolute Gasteiger partial charge is 0.442 e. The number of alkyl halides is 3. The number of nitrogens with zero attached hydrogens (tertiary/aromatic N) is 3. The molecule has 0 aliphatic carbocycles. The fourth-order valence-electron chi connectivity index (χ4n) is 2.09. The highest BCUT2D eigenvalue weighted by Gasteiger charge is 2.65. The SMILES string of the molecule is COCCN(CC(=O)O)C(=O)c1ccc(C2(C(F)(F)F)N=N2)cc1. The van der Waals surface area contributed by atoms with Crippen molar-refractivity contribution in [3.05, 3.63) is 35.4 Å². The first-order valence-electron chi connectivity index (χ1n) is 6.82. The minimum Gasteiger partial charge on any atom is -0.480 e. The van der Waals surface area contributed by atoms with Crippen LogP contribution in [0.3, 0.4) is 0 Å². The number of rotatable bonds is 7. The minimum atomic E-state index is -4.65. The van der Waals surface area contributed by atoms with E-state index in [1.165, 1.54) is 19.2 Å². The highest BCUT2D eigenvalue weighted by Crippen LogP contribution is 2.52. The molecule has 1 aromatic carbocycles. The molecule has 130 valence electrons. The Hall–Kier alpha value is -2.49. The van der Waals surface area contributed by atoms with Gasteiger partial charge in [0, 0.05) is 24.8 Å². The lowest BCUT2D eigenvalue weighted by atomic mass is 10.0. The average Bonchev–Trinajstić information content (AvgIpc) is 3.32. The lowest BCUT2D eigenvalue weighted by Gasteiger charge is -2.21. The van der Waals surface area contributed by atoms with Gasteiger partial charge in [-0.1, -0.05) is 12.1 Å². The molecule has 1 amide bonds. The molecular weight excluding hydrogens is 331 g/mol. The zero-order valence-electron chi connectivity index (χ0n) is 12.6. The van der Waals surface area contributed by atoms with Crippen molar-refractivity contribution in [1.29, 1.82) is 0 Å². The molecule has 2 rings (SSSR count). The molecule has 0 unspecified atom stereocenters. The van der Waals surface area contributed by atoms with E-state index in [-0.39, 0.29) is 24.3 Å². The van der Waals surface area contributed by atoms with Crippen LogP contribution in [-0.4, -0.2) is 54.9 Å². The van der Waals surface area contributed by atoms with Crippen LogP contribution in [0.1, 0.15) is 15.9 Å². The summed E-state index contributed by atoms with van der Waals surface area (Å²) >= 11 is 0. The summed E-state index contributed by atoms with van der Waals surface area (Å²) < 4.78 is 43.5. The largest absolute Gasteiger partial charge is 0.480 e. The Morgan fingerprint density at radius 1 is 1.25 bits per heavy atom. The van der Waals surface area contributed by atoms with E-state index in [0.717, 1.165) is 17.0 Å². The van der Waals surface area contributed by atoms with Crippen LogP contribution < -0.4 is 0 Å². The molecule has 0 aromatic heterocycles. The summed E-state index contributed by atoms with van der Waals surface area (Å²) in [6.07, 6.45) is -4.65. The van der Waals surface area contributed by atoms with Crippen LogP contribution in [0.4, 0.5) is 13.2 Å². The fourth-order valence-corrected chi connectivity index (χ4v) is 2.09. The van der Waals surface area contributed by atoms with Gasteiger partial charge in [0.1, 0.15) is 6.54 Å². The normalized spacial score (nSPS) is 15.2. The number of hydrogen-bond acceptors (Lipinski definition) is 5. The maximum absolute atomic E-state index is 12.9. The summed E-state index contributed by atoms with van der Waals surface area (Å²) in [7, 11) is 1.40. The van der Waals surface area contributed by atoms with E-state index < -0.39 is 30.3 Å². The van der Waals surface area contributed by atoms with Gasteiger partial charge in [-0.05, 0) is 12.1 Å². The molecule has 7 nitrogen and oxygen atoms in total. The lowest BCUT2D eigenvalue weighted by molar-refractivity contribution is -0.166. The van der Waals surface area contributed by atoms with Gasteiger partial charge in [-0.25, -0.2) is 0 Å². The minimum absolute atomic E-state index is 0.0422. The van der Waals surface area contributed by atoms with Gasteiger partial charge < -0.3 is 14.7 Å². The molecule has 1 aliphatic heterocycles. The van der Waals surface area contributed by atoms with E-state index in [1.54, 1.807) is 0 Å². The van der Waals surface area contributed by atoms with Crippen LogP contribution in [0.2, 0.25) is 0 Å². The number of carboxylic acid groups (broad SMARTS) is 1. The zero-order chi connectivity index (χ0) is 18.0. The zero-order valence-corrected chi connectivity index (χ0v) is 12.6. The number of hydrogen-bond donors (Lipinski definition) is 1. The number of carbonyl (C=O) groups excluding carboxylic acids is 1. The predicted octanol–water partition coefficient (Wildman–Crippen LogP) is 2.04. The van der Waals surface area contributed by atoms with E-state index in [9.17, 15) is 22.8 Å². The standard InChI is InChI=1S/C14H14F3N3O4/c1-24-7-6-20(8-11(21)22)12(23)9-2-4-10(5-3-9)13(18-19-13)14(15,16)17/h2-5H,6-8H2,1H3,(H,21,22). The van der Waals surface area contributed by atoms with Gasteiger partial charge in [-0.15, -0.1) is 10.2 Å². The summed E-state index contributed by atoms with van der Waals surface area (Å²) in [5.74, 6) is -1.82. The van der Waals surface area contributed by atoms with Gasteiger partial charge in [-0.3, -0.25) is 9.59 Å². The molecule has 1 heterocycles. The number of ether oxygens (including phenoxy) is 1. The van der Waals surface area contributed by atoms with E-state index >= 15 is 0 Å². The topological polar surface area (TPSA) is 91.6 Å². The van der Waals surface area contributed by atoms with E-state index in [4.69, 9.17) is 9.84 Å². The monoisotopic (exact) mass is 345 g/mol. The number of benzene rings is 1. The number of amides is 1. The summed E-state index contributed by atoms with van der Waals surface area (Å²) in [6, 6.07) is 4.60. The van der Waals surface area contributed by atoms with Crippen molar-refractivity contribution >= 4 is 11.9 Å². The first-order chi connectivity index (χ1) is 11.2. The third-order valence-corrected chi connectivity index (χ3v) is 3.41. The predicted molar refractivity (Wildman–Crippen MR) is 74.4 cm³/mol. The number of halogens is 3. The van der Waals surface area contributed by atoms with Gasteiger partial charge in [-0.2, -0.15) is 13.2 Å². The molecular formula is C14H14F3N3O4. The van der Waals surface area contributed by atoms with E-state index in [2.05, 4.69) is 10.2 Å². The van der Waals surface area contributed by atoms with Crippen molar-refractivity contribution in [3.63, 3.8) is 0 Å². The number of carbonyl (C=O) groups is 2.